The van der Waals surface area contributed by atoms with Crippen molar-refractivity contribution in [1.82, 2.24) is 20.2 Å². The third-order valence-electron chi connectivity index (χ3n) is 7.48. The molecule has 1 aromatic carbocycles. The van der Waals surface area contributed by atoms with Crippen LogP contribution < -0.4 is 16.0 Å². The Kier molecular flexibility index (Phi) is 9.10. The van der Waals surface area contributed by atoms with Crippen molar-refractivity contribution in [3.63, 3.8) is 0 Å². The molecule has 0 bridgehead atoms. The number of fused-ring (bicyclic) bond motifs is 1. The molecule has 0 saturated carbocycles. The van der Waals surface area contributed by atoms with Crippen molar-refractivity contribution in [2.24, 2.45) is 0 Å². The smallest absolute Gasteiger partial charge is 0.246 e. The van der Waals surface area contributed by atoms with Crippen LogP contribution in [0.15, 0.2) is 24.7 Å². The minimum Gasteiger partial charge on any atom is -0.378 e. The zero-order valence-corrected chi connectivity index (χ0v) is 23.2. The molecule has 2 aromatic rings. The molecule has 208 valence electrons. The first kappa shape index (κ1) is 28.5. The maximum Gasteiger partial charge on any atom is 0.246 e. The van der Waals surface area contributed by atoms with E-state index in [0.29, 0.717) is 55.8 Å². The van der Waals surface area contributed by atoms with Gasteiger partial charge in [-0.3, -0.25) is 9.59 Å². The molecular formula is C27H37F2N5O3S. The van der Waals surface area contributed by atoms with Crippen LogP contribution in [0.25, 0.3) is 0 Å². The summed E-state index contributed by atoms with van der Waals surface area (Å²) in [6.45, 7) is 6.69. The summed E-state index contributed by atoms with van der Waals surface area (Å²) < 4.78 is 35.1. The summed E-state index contributed by atoms with van der Waals surface area (Å²) in [7, 11) is 0. The molecular weight excluding hydrogens is 512 g/mol. The molecule has 1 aliphatic carbocycles. The molecule has 8 nitrogen and oxygen atoms in total. The molecule has 11 heteroatoms. The monoisotopic (exact) mass is 549 g/mol. The molecule has 2 amide bonds. The second-order valence-electron chi connectivity index (χ2n) is 10.6. The predicted molar refractivity (Wildman–Crippen MR) is 144 cm³/mol. The Morgan fingerprint density at radius 3 is 2.82 bits per heavy atom. The third kappa shape index (κ3) is 6.38. The number of rotatable bonds is 10. The fourth-order valence-corrected chi connectivity index (χ4v) is 5.77. The minimum absolute atomic E-state index is 0.0559. The zero-order valence-electron chi connectivity index (χ0n) is 22.4. The minimum atomic E-state index is -0.929. The summed E-state index contributed by atoms with van der Waals surface area (Å²) in [4.78, 5) is 30.6. The Morgan fingerprint density at radius 1 is 1.29 bits per heavy atom. The van der Waals surface area contributed by atoms with Crippen molar-refractivity contribution in [3.8, 4) is 0 Å². The highest BCUT2D eigenvalue weighted by Gasteiger charge is 2.36. The van der Waals surface area contributed by atoms with Crippen LogP contribution in [0.1, 0.15) is 51.2 Å². The van der Waals surface area contributed by atoms with Gasteiger partial charge in [0.25, 0.3) is 0 Å². The molecule has 4 atom stereocenters. The van der Waals surface area contributed by atoms with E-state index in [2.05, 4.69) is 20.9 Å². The molecule has 4 rings (SSSR count). The van der Waals surface area contributed by atoms with E-state index >= 15 is 0 Å². The highest BCUT2D eigenvalue weighted by atomic mass is 32.2. The molecule has 2 heterocycles. The average Bonchev–Trinajstić information content (AvgIpc) is 3.53. The number of nitrogens with zero attached hydrogens (tertiary/aromatic N) is 2. The first-order valence-corrected chi connectivity index (χ1v) is 14.4. The Labute approximate surface area is 226 Å². The first-order valence-electron chi connectivity index (χ1n) is 13.1. The molecule has 1 fully saturated rings. The van der Waals surface area contributed by atoms with Crippen molar-refractivity contribution in [2.45, 2.75) is 81.8 Å². The van der Waals surface area contributed by atoms with Crippen LogP contribution in [-0.4, -0.2) is 64.2 Å². The molecule has 1 saturated heterocycles. The maximum atomic E-state index is 14.3. The van der Waals surface area contributed by atoms with E-state index in [1.807, 2.05) is 13.2 Å². The Morgan fingerprint density at radius 2 is 2.08 bits per heavy atom. The summed E-state index contributed by atoms with van der Waals surface area (Å²) in [6, 6.07) is 1.65. The number of thioether (sulfide) groups is 1. The molecule has 3 N–H and O–H groups in total. The van der Waals surface area contributed by atoms with Gasteiger partial charge >= 0.3 is 0 Å². The third-order valence-corrected chi connectivity index (χ3v) is 8.55. The number of carbonyl (C=O) groups excluding carboxylic acids is 2. The SMILES string of the molecule is CCC[C@H](NC1CCc2cc(F)cc(F)c2C1)C(=O)Nc1cn(C(C)(C)C(=O)N[C@@H]2COC[C@H]2SC)cn1. The van der Waals surface area contributed by atoms with Gasteiger partial charge in [0.2, 0.25) is 11.8 Å². The molecule has 2 aliphatic rings. The lowest BCUT2D eigenvalue weighted by atomic mass is 9.87. The largest absolute Gasteiger partial charge is 0.378 e. The quantitative estimate of drug-likeness (QED) is 0.421. The Hall–Kier alpha value is -2.50. The number of hydrogen-bond donors (Lipinski definition) is 3. The second kappa shape index (κ2) is 12.1. The van der Waals surface area contributed by atoms with E-state index in [1.54, 1.807) is 36.4 Å². The number of nitrogens with one attached hydrogen (secondary N) is 3. The van der Waals surface area contributed by atoms with Gasteiger partial charge in [0.1, 0.15) is 17.2 Å². The fraction of sp³-hybridized carbons (Fsp3) is 0.593. The summed E-state index contributed by atoms with van der Waals surface area (Å²) in [5.41, 5.74) is 0.276. The number of benzene rings is 1. The first-order chi connectivity index (χ1) is 18.1. The van der Waals surface area contributed by atoms with E-state index in [1.165, 1.54) is 12.4 Å². The number of halogens is 2. The topological polar surface area (TPSA) is 97.3 Å². The van der Waals surface area contributed by atoms with E-state index in [9.17, 15) is 18.4 Å². The molecule has 1 unspecified atom stereocenters. The van der Waals surface area contributed by atoms with Gasteiger partial charge in [-0.25, -0.2) is 13.8 Å². The fourth-order valence-electron chi connectivity index (χ4n) is 5.06. The number of imidazole rings is 1. The van der Waals surface area contributed by atoms with Gasteiger partial charge in [-0.1, -0.05) is 13.3 Å². The summed E-state index contributed by atoms with van der Waals surface area (Å²) >= 11 is 1.67. The van der Waals surface area contributed by atoms with Crippen LogP contribution in [-0.2, 0) is 32.7 Å². The average molecular weight is 550 g/mol. The lowest BCUT2D eigenvalue weighted by Gasteiger charge is -2.29. The van der Waals surface area contributed by atoms with Crippen molar-refractivity contribution < 1.29 is 23.1 Å². The Bertz CT molecular complexity index is 1160. The van der Waals surface area contributed by atoms with E-state index < -0.39 is 23.2 Å². The zero-order chi connectivity index (χ0) is 27.4. The van der Waals surface area contributed by atoms with Gasteiger partial charge in [-0.2, -0.15) is 11.8 Å². The van der Waals surface area contributed by atoms with Crippen molar-refractivity contribution in [1.29, 1.82) is 0 Å². The number of aromatic nitrogens is 2. The summed E-state index contributed by atoms with van der Waals surface area (Å²) in [5, 5.41) is 9.54. The van der Waals surface area contributed by atoms with E-state index in [4.69, 9.17) is 4.74 Å². The van der Waals surface area contributed by atoms with Gasteiger partial charge < -0.3 is 25.3 Å². The molecule has 38 heavy (non-hydrogen) atoms. The number of ether oxygens (including phenoxy) is 1. The van der Waals surface area contributed by atoms with Crippen LogP contribution in [0.2, 0.25) is 0 Å². The number of amides is 2. The van der Waals surface area contributed by atoms with Crippen LogP contribution in [0.3, 0.4) is 0 Å². The molecule has 1 aromatic heterocycles. The van der Waals surface area contributed by atoms with E-state index in [-0.39, 0.29) is 29.1 Å². The number of carbonyl (C=O) groups is 2. The molecule has 1 aliphatic heterocycles. The predicted octanol–water partition coefficient (Wildman–Crippen LogP) is 3.40. The van der Waals surface area contributed by atoms with E-state index in [0.717, 1.165) is 12.5 Å². The van der Waals surface area contributed by atoms with Crippen molar-refractivity contribution >= 4 is 29.4 Å². The van der Waals surface area contributed by atoms with Crippen LogP contribution >= 0.6 is 11.8 Å². The van der Waals surface area contributed by atoms with Gasteiger partial charge in [0.05, 0.1) is 36.9 Å². The summed E-state index contributed by atoms with van der Waals surface area (Å²) in [6.07, 6.45) is 8.19. The number of aryl methyl sites for hydroxylation is 1. The Balaban J connectivity index is 1.38. The number of anilines is 1. The normalized spacial score (nSPS) is 22.1. The van der Waals surface area contributed by atoms with Crippen molar-refractivity contribution in [2.75, 3.05) is 24.8 Å². The van der Waals surface area contributed by atoms with Crippen LogP contribution in [0.4, 0.5) is 14.6 Å². The lowest BCUT2D eigenvalue weighted by Crippen LogP contribution is -2.50. The maximum absolute atomic E-state index is 14.3. The van der Waals surface area contributed by atoms with Crippen molar-refractivity contribution in [3.05, 3.63) is 47.4 Å². The molecule has 0 spiro atoms. The second-order valence-corrected chi connectivity index (χ2v) is 11.7. The lowest BCUT2D eigenvalue weighted by molar-refractivity contribution is -0.129. The highest BCUT2D eigenvalue weighted by molar-refractivity contribution is 7.99. The number of hydrogen-bond acceptors (Lipinski definition) is 6. The summed E-state index contributed by atoms with van der Waals surface area (Å²) in [5.74, 6) is -1.15. The van der Waals surface area contributed by atoms with Crippen LogP contribution in [0.5, 0.6) is 0 Å². The van der Waals surface area contributed by atoms with Gasteiger partial charge in [-0.05, 0) is 63.0 Å². The van der Waals surface area contributed by atoms with Gasteiger partial charge in [-0.15, -0.1) is 0 Å². The molecule has 0 radical (unpaired) electrons. The van der Waals surface area contributed by atoms with Crippen LogP contribution in [0, 0.1) is 11.6 Å². The van der Waals surface area contributed by atoms with Gasteiger partial charge in [0.15, 0.2) is 5.82 Å². The highest BCUT2D eigenvalue weighted by Crippen LogP contribution is 2.26. The standard InChI is InChI=1S/C27H37F2N5O3S/c1-5-6-21(31-18-8-7-16-9-17(28)10-20(29)19(16)11-18)25(35)33-24-12-34(15-30-24)27(2,3)26(36)32-22-13-37-14-23(22)38-4/h9-10,12,15,18,21-23,31H,5-8,11,13-14H2,1-4H3,(H,32,36)(H,33,35)/t18?,21-,22+,23+/m0/s1. The van der Waals surface area contributed by atoms with Gasteiger partial charge in [0, 0.05) is 18.3 Å².